The van der Waals surface area contributed by atoms with E-state index in [1.807, 2.05) is 6.92 Å². The van der Waals surface area contributed by atoms with Crippen LogP contribution in [0.4, 0.5) is 13.2 Å². The molecule has 0 saturated heterocycles. The molecule has 176 valence electrons. The number of aliphatic hydroxyl groups is 2. The first-order valence-electron chi connectivity index (χ1n) is 12.1. The summed E-state index contributed by atoms with van der Waals surface area (Å²) >= 11 is 0. The molecule has 4 aliphatic carbocycles. The van der Waals surface area contributed by atoms with E-state index in [1.165, 1.54) is 12.0 Å². The molecule has 3 saturated carbocycles. The molecule has 0 aromatic heterocycles. The Labute approximate surface area is 185 Å². The predicted octanol–water partition coefficient (Wildman–Crippen LogP) is 6.58. The molecule has 0 amide bonds. The minimum atomic E-state index is -4.64. The van der Waals surface area contributed by atoms with Gasteiger partial charge in [-0.3, -0.25) is 0 Å². The smallest absolute Gasteiger partial charge is 0.390 e. The van der Waals surface area contributed by atoms with Crippen LogP contribution in [0, 0.1) is 34.5 Å². The molecule has 31 heavy (non-hydrogen) atoms. The van der Waals surface area contributed by atoms with Gasteiger partial charge in [-0.15, -0.1) is 0 Å². The van der Waals surface area contributed by atoms with Gasteiger partial charge in [0.15, 0.2) is 5.60 Å². The van der Waals surface area contributed by atoms with Crippen LogP contribution >= 0.6 is 0 Å². The first-order chi connectivity index (χ1) is 14.2. The van der Waals surface area contributed by atoms with Gasteiger partial charge in [-0.25, -0.2) is 0 Å². The van der Waals surface area contributed by atoms with E-state index in [2.05, 4.69) is 19.9 Å². The molecule has 0 aromatic carbocycles. The average Bonchev–Trinajstić information content (AvgIpc) is 2.98. The maximum atomic E-state index is 13.0. The molecule has 4 rings (SSSR count). The van der Waals surface area contributed by atoms with Crippen molar-refractivity contribution in [1.82, 2.24) is 0 Å². The van der Waals surface area contributed by atoms with E-state index >= 15 is 0 Å². The fourth-order valence-electron chi connectivity index (χ4n) is 7.86. The van der Waals surface area contributed by atoms with Gasteiger partial charge in [0, 0.05) is 0 Å². The van der Waals surface area contributed by atoms with E-state index in [0.29, 0.717) is 30.1 Å². The lowest BCUT2D eigenvalue weighted by Gasteiger charge is -2.59. The van der Waals surface area contributed by atoms with E-state index in [-0.39, 0.29) is 10.8 Å². The van der Waals surface area contributed by atoms with Crippen LogP contribution in [0.1, 0.15) is 85.5 Å². The van der Waals surface area contributed by atoms with Crippen molar-refractivity contribution in [2.75, 3.05) is 0 Å². The van der Waals surface area contributed by atoms with Crippen LogP contribution in [-0.4, -0.2) is 27.6 Å². The zero-order valence-corrected chi connectivity index (χ0v) is 19.4. The summed E-state index contributed by atoms with van der Waals surface area (Å²) in [5, 5.41) is 20.3. The van der Waals surface area contributed by atoms with Gasteiger partial charge in [0.1, 0.15) is 0 Å². The predicted molar refractivity (Wildman–Crippen MR) is 116 cm³/mol. The molecular formula is C26H39F3O2. The van der Waals surface area contributed by atoms with Gasteiger partial charge in [0.25, 0.3) is 0 Å². The molecule has 2 N–H and O–H groups in total. The summed E-state index contributed by atoms with van der Waals surface area (Å²) in [6, 6.07) is 0. The van der Waals surface area contributed by atoms with Crippen molar-refractivity contribution in [2.45, 2.75) is 103 Å². The van der Waals surface area contributed by atoms with Crippen LogP contribution < -0.4 is 0 Å². The zero-order chi connectivity index (χ0) is 22.9. The lowest BCUT2D eigenvalue weighted by Crippen LogP contribution is -2.51. The second-order valence-corrected chi connectivity index (χ2v) is 12.0. The highest BCUT2D eigenvalue weighted by molar-refractivity contribution is 5.26. The van der Waals surface area contributed by atoms with Gasteiger partial charge in [-0.1, -0.05) is 31.6 Å². The van der Waals surface area contributed by atoms with Crippen LogP contribution in [-0.2, 0) is 0 Å². The number of hydrogen-bond acceptors (Lipinski definition) is 2. The van der Waals surface area contributed by atoms with Gasteiger partial charge in [0.05, 0.1) is 5.60 Å². The monoisotopic (exact) mass is 440 g/mol. The van der Waals surface area contributed by atoms with Crippen LogP contribution in [0.2, 0.25) is 0 Å². The van der Waals surface area contributed by atoms with E-state index in [4.69, 9.17) is 0 Å². The van der Waals surface area contributed by atoms with Gasteiger partial charge in [0.2, 0.25) is 0 Å². The highest BCUT2D eigenvalue weighted by atomic mass is 19.4. The molecule has 5 heteroatoms. The lowest BCUT2D eigenvalue weighted by atomic mass is 9.46. The van der Waals surface area contributed by atoms with Crippen molar-refractivity contribution in [2.24, 2.45) is 34.5 Å². The number of halogens is 3. The number of allylic oxidation sites excluding steroid dienone is 2. The number of fused-ring (bicyclic) bond motifs is 5. The summed E-state index contributed by atoms with van der Waals surface area (Å²) in [6.07, 6.45) is 9.21. The first kappa shape index (κ1) is 23.4. The molecular weight excluding hydrogens is 401 g/mol. The summed E-state index contributed by atoms with van der Waals surface area (Å²) in [5.74, 6) is 2.29. The number of hydrogen-bond donors (Lipinski definition) is 2. The summed E-state index contributed by atoms with van der Waals surface area (Å²) in [5.41, 5.74) is -1.53. The third-order valence-corrected chi connectivity index (χ3v) is 10.0. The van der Waals surface area contributed by atoms with Crippen LogP contribution in [0.25, 0.3) is 0 Å². The highest BCUT2D eigenvalue weighted by Gasteiger charge is 2.59. The lowest BCUT2D eigenvalue weighted by molar-refractivity contribution is -0.232. The Hall–Kier alpha value is -0.810. The molecule has 7 unspecified atom stereocenters. The summed E-state index contributed by atoms with van der Waals surface area (Å²) < 4.78 is 38.9. The molecule has 0 radical (unpaired) electrons. The van der Waals surface area contributed by atoms with Gasteiger partial charge < -0.3 is 10.2 Å². The summed E-state index contributed by atoms with van der Waals surface area (Å²) in [4.78, 5) is 0. The second kappa shape index (κ2) is 7.35. The van der Waals surface area contributed by atoms with Crippen molar-refractivity contribution in [1.29, 1.82) is 0 Å². The van der Waals surface area contributed by atoms with E-state index in [1.54, 1.807) is 6.08 Å². The Bertz CT molecular complexity index is 765. The van der Waals surface area contributed by atoms with Crippen molar-refractivity contribution in [3.05, 3.63) is 23.8 Å². The van der Waals surface area contributed by atoms with E-state index < -0.39 is 17.4 Å². The Kier molecular flexibility index (Phi) is 5.53. The van der Waals surface area contributed by atoms with E-state index in [9.17, 15) is 23.4 Å². The molecule has 0 spiro atoms. The third kappa shape index (κ3) is 3.82. The fourth-order valence-corrected chi connectivity index (χ4v) is 7.86. The molecule has 4 aliphatic rings. The maximum Gasteiger partial charge on any atom is 0.420 e. The van der Waals surface area contributed by atoms with Crippen LogP contribution in [0.5, 0.6) is 0 Å². The third-order valence-electron chi connectivity index (χ3n) is 10.0. The SMILES string of the molecule is CC12CC[C@](C)(O)CC1=CCC1C2CCC2(C)C(C/C=C/C(C)(O)C(F)(F)F)CCC12. The van der Waals surface area contributed by atoms with Crippen molar-refractivity contribution < 1.29 is 23.4 Å². The topological polar surface area (TPSA) is 40.5 Å². The molecule has 2 nitrogen and oxygen atoms in total. The quantitative estimate of drug-likeness (QED) is 0.487. The fraction of sp³-hybridized carbons (Fsp3) is 0.846. The Balaban J connectivity index is 1.50. The minimum absolute atomic E-state index is 0.164. The van der Waals surface area contributed by atoms with Crippen molar-refractivity contribution in [3.63, 3.8) is 0 Å². The Morgan fingerprint density at radius 3 is 2.45 bits per heavy atom. The Morgan fingerprint density at radius 1 is 1.06 bits per heavy atom. The number of rotatable bonds is 3. The molecule has 8 atom stereocenters. The standard InChI is InChI=1S/C26H39F3O2/c1-22(30)14-15-24(3)18(16-22)7-9-19-20-10-8-17(23(20,2)13-11-21(19)24)6-5-12-25(4,31)26(27,28)29/h5,7,12,17,19-21,30-31H,6,8-11,13-16H2,1-4H3/b12-5+/t17?,19?,20?,21?,22-,23?,24?,25?/m0/s1. The van der Waals surface area contributed by atoms with Crippen molar-refractivity contribution in [3.8, 4) is 0 Å². The van der Waals surface area contributed by atoms with Crippen molar-refractivity contribution >= 4 is 0 Å². The van der Waals surface area contributed by atoms with Gasteiger partial charge >= 0.3 is 6.18 Å². The molecule has 0 heterocycles. The number of alkyl halides is 3. The van der Waals surface area contributed by atoms with E-state index in [0.717, 1.165) is 57.9 Å². The Morgan fingerprint density at radius 2 is 1.77 bits per heavy atom. The second-order valence-electron chi connectivity index (χ2n) is 12.0. The normalized spacial score (nSPS) is 47.3. The molecule has 0 bridgehead atoms. The molecule has 0 aromatic rings. The average molecular weight is 441 g/mol. The van der Waals surface area contributed by atoms with Crippen LogP contribution in [0.15, 0.2) is 23.8 Å². The summed E-state index contributed by atoms with van der Waals surface area (Å²) in [6.45, 7) is 7.57. The first-order valence-corrected chi connectivity index (χ1v) is 12.1. The summed E-state index contributed by atoms with van der Waals surface area (Å²) in [7, 11) is 0. The minimum Gasteiger partial charge on any atom is -0.390 e. The highest BCUT2D eigenvalue weighted by Crippen LogP contribution is 2.67. The van der Waals surface area contributed by atoms with Crippen LogP contribution in [0.3, 0.4) is 0 Å². The molecule has 0 aliphatic heterocycles. The zero-order valence-electron chi connectivity index (χ0n) is 19.4. The van der Waals surface area contributed by atoms with Gasteiger partial charge in [-0.05, 0) is 112 Å². The largest absolute Gasteiger partial charge is 0.420 e. The maximum absolute atomic E-state index is 13.0. The molecule has 3 fully saturated rings. The van der Waals surface area contributed by atoms with Gasteiger partial charge in [-0.2, -0.15) is 13.2 Å².